The molecule has 2 atom stereocenters. The first-order valence-corrected chi connectivity index (χ1v) is 7.34. The molecule has 0 unspecified atom stereocenters. The normalized spacial score (nSPS) is 17.9. The lowest BCUT2D eigenvalue weighted by Gasteiger charge is -2.30. The molecule has 0 radical (unpaired) electrons. The third-order valence-electron chi connectivity index (χ3n) is 3.73. The van der Waals surface area contributed by atoms with Crippen LogP contribution in [0.15, 0.2) is 47.7 Å². The Kier molecular flexibility index (Phi) is 5.84. The summed E-state index contributed by atoms with van der Waals surface area (Å²) in [5, 5.41) is 65.8. The molecule has 5 N–H and O–H groups in total. The molecule has 26 heavy (non-hydrogen) atoms. The molecule has 12 nitrogen and oxygen atoms in total. The van der Waals surface area contributed by atoms with Crippen molar-refractivity contribution in [3.63, 3.8) is 0 Å². The number of aliphatic hydroxyl groups excluding tert-OH is 2. The highest BCUT2D eigenvalue weighted by atomic mass is 16.8. The van der Waals surface area contributed by atoms with Crippen LogP contribution in [0, 0.1) is 15.3 Å². The Morgan fingerprint density at radius 1 is 1.42 bits per heavy atom. The summed E-state index contributed by atoms with van der Waals surface area (Å²) in [4.78, 5) is 10.2. The fourth-order valence-corrected chi connectivity index (χ4v) is 2.36. The summed E-state index contributed by atoms with van der Waals surface area (Å²) < 4.78 is 0. The molecule has 1 aliphatic heterocycles. The number of nitrogens with one attached hydrogen (secondary N) is 2. The zero-order chi connectivity index (χ0) is 19.4. The van der Waals surface area contributed by atoms with Crippen LogP contribution >= 0.6 is 0 Å². The van der Waals surface area contributed by atoms with Gasteiger partial charge in [-0.25, -0.2) is 0 Å². The summed E-state index contributed by atoms with van der Waals surface area (Å²) in [7, 11) is 1.40. The van der Waals surface area contributed by atoms with Crippen molar-refractivity contribution in [3.8, 4) is 0 Å². The molecule has 0 aromatic heterocycles. The first kappa shape index (κ1) is 19.3. The number of benzene rings is 1. The van der Waals surface area contributed by atoms with E-state index in [0.29, 0.717) is 0 Å². The molecule has 2 rings (SSSR count). The quantitative estimate of drug-likeness (QED) is 0.214. The van der Waals surface area contributed by atoms with E-state index in [1.807, 2.05) is 0 Å². The molecule has 1 aliphatic rings. The lowest BCUT2D eigenvalue weighted by atomic mass is 10.0. The number of nitro groups is 1. The van der Waals surface area contributed by atoms with Gasteiger partial charge in [-0.15, -0.1) is 0 Å². The van der Waals surface area contributed by atoms with Crippen molar-refractivity contribution in [2.75, 3.05) is 18.9 Å². The van der Waals surface area contributed by atoms with E-state index in [1.54, 1.807) is 0 Å². The highest BCUT2D eigenvalue weighted by Gasteiger charge is 2.29. The minimum atomic E-state index is -1.36. The number of likely N-dealkylation sites (N-methyl/N-ethyl adjacent to an activating group) is 1. The van der Waals surface area contributed by atoms with Crippen molar-refractivity contribution in [1.82, 2.24) is 15.8 Å². The van der Waals surface area contributed by atoms with Crippen LogP contribution in [0.25, 0.3) is 0 Å². The Morgan fingerprint density at radius 2 is 2.04 bits per heavy atom. The van der Waals surface area contributed by atoms with Gasteiger partial charge in [-0.2, -0.15) is 0 Å². The van der Waals surface area contributed by atoms with Gasteiger partial charge in [0.15, 0.2) is 0 Å². The van der Waals surface area contributed by atoms with E-state index in [0.717, 1.165) is 11.2 Å². The Morgan fingerprint density at radius 3 is 2.54 bits per heavy atom. The Bertz CT molecular complexity index is 719. The average Bonchev–Trinajstić information content (AvgIpc) is 3.01. The van der Waals surface area contributed by atoms with Crippen molar-refractivity contribution in [2.45, 2.75) is 12.1 Å². The predicted molar refractivity (Wildman–Crippen MR) is 86.0 cm³/mol. The minimum Gasteiger partial charge on any atom is -0.859 e. The van der Waals surface area contributed by atoms with Gasteiger partial charge in [0, 0.05) is 7.05 Å². The molecule has 0 spiro atoms. The zero-order valence-electron chi connectivity index (χ0n) is 13.6. The van der Waals surface area contributed by atoms with Gasteiger partial charge in [0.1, 0.15) is 11.8 Å². The summed E-state index contributed by atoms with van der Waals surface area (Å²) in [5.74, 6) is -0.865. The molecule has 0 saturated heterocycles. The molecule has 0 fully saturated rings. The second-order valence-corrected chi connectivity index (χ2v) is 5.40. The standard InChI is InChI=1S/C14H18N5O7/c1-17-12(11(6-15-17)19(25)26)14(22)16-10(7-20)13(21)8-2-4-9(5-3-8)18(23)24/h2-6,10,13,15-16,20-23H,7H2,1H3/q-1/p-1/t10-,13+/m0/s1. The lowest BCUT2D eigenvalue weighted by molar-refractivity contribution is -0.423. The molecule has 0 aliphatic carbocycles. The number of anilines is 1. The van der Waals surface area contributed by atoms with Crippen LogP contribution in [0.1, 0.15) is 11.7 Å². The highest BCUT2D eigenvalue weighted by molar-refractivity contribution is 5.46. The number of hydrogen-bond donors (Lipinski definition) is 5. The summed E-state index contributed by atoms with van der Waals surface area (Å²) >= 11 is 0. The minimum absolute atomic E-state index is 0.0690. The van der Waals surface area contributed by atoms with Crippen LogP contribution in [0.5, 0.6) is 0 Å². The average molecular weight is 367 g/mol. The number of hydrogen-bond acceptors (Lipinski definition) is 11. The first-order chi connectivity index (χ1) is 12.3. The first-order valence-electron chi connectivity index (χ1n) is 7.34. The van der Waals surface area contributed by atoms with E-state index in [-0.39, 0.29) is 22.2 Å². The maximum atomic E-state index is 12.3. The lowest BCUT2D eigenvalue weighted by Crippen LogP contribution is -2.43. The van der Waals surface area contributed by atoms with E-state index in [2.05, 4.69) is 10.7 Å². The van der Waals surface area contributed by atoms with Crippen molar-refractivity contribution < 1.29 is 25.5 Å². The summed E-state index contributed by atoms with van der Waals surface area (Å²) in [6, 6.07) is 3.96. The van der Waals surface area contributed by atoms with Gasteiger partial charge in [0.25, 0.3) is 0 Å². The summed E-state index contributed by atoms with van der Waals surface area (Å²) in [6.07, 6.45) is -0.318. The number of nitrogens with zero attached hydrogens (tertiary/aromatic N) is 3. The molecule has 1 heterocycles. The van der Waals surface area contributed by atoms with Gasteiger partial charge in [-0.3, -0.25) is 25.8 Å². The Hall–Kier alpha value is -3.06. The Balaban J connectivity index is 2.21. The van der Waals surface area contributed by atoms with E-state index in [4.69, 9.17) is 5.21 Å². The molecular formula is C14H17N5O7-2. The van der Waals surface area contributed by atoms with Crippen molar-refractivity contribution >= 4 is 5.69 Å². The second kappa shape index (κ2) is 7.88. The zero-order valence-corrected chi connectivity index (χ0v) is 13.6. The van der Waals surface area contributed by atoms with Crippen LogP contribution < -0.4 is 21.1 Å². The van der Waals surface area contributed by atoms with E-state index in [9.17, 15) is 30.6 Å². The third kappa shape index (κ3) is 3.94. The number of hydrazine groups is 1. The number of rotatable bonds is 7. The van der Waals surface area contributed by atoms with E-state index >= 15 is 0 Å². The van der Waals surface area contributed by atoms with Crippen LogP contribution in [-0.2, 0) is 0 Å². The maximum absolute atomic E-state index is 12.3. The topological polar surface area (TPSA) is 180 Å². The second-order valence-electron chi connectivity index (χ2n) is 5.40. The van der Waals surface area contributed by atoms with Gasteiger partial charge < -0.3 is 31.1 Å². The largest absolute Gasteiger partial charge is 0.859 e. The summed E-state index contributed by atoms with van der Waals surface area (Å²) in [6.45, 7) is -0.649. The summed E-state index contributed by atoms with van der Waals surface area (Å²) in [5.41, 5.74) is 1.94. The highest BCUT2D eigenvalue weighted by Crippen LogP contribution is 2.23. The van der Waals surface area contributed by atoms with E-state index < -0.39 is 35.3 Å². The van der Waals surface area contributed by atoms with Gasteiger partial charge in [-0.05, 0) is 23.6 Å². The van der Waals surface area contributed by atoms with Crippen molar-refractivity contribution in [3.05, 3.63) is 68.6 Å². The fourth-order valence-electron chi connectivity index (χ4n) is 2.36. The molecule has 1 aromatic carbocycles. The monoisotopic (exact) mass is 367 g/mol. The van der Waals surface area contributed by atoms with Crippen LogP contribution in [-0.4, -0.2) is 45.0 Å². The van der Waals surface area contributed by atoms with Crippen molar-refractivity contribution in [2.24, 2.45) is 0 Å². The van der Waals surface area contributed by atoms with Gasteiger partial charge in [0.2, 0.25) is 0 Å². The molecule has 0 bridgehead atoms. The number of aliphatic hydroxyl groups is 2. The SMILES string of the molecule is CN1NC=C([N+](=O)[O-])C1=C([O-])N[C@@H](CO)[C@H](O)c1ccc(N([O-])O)cc1. The smallest absolute Gasteiger partial charge is 0.312 e. The third-order valence-corrected chi connectivity index (χ3v) is 3.73. The fraction of sp³-hybridized carbons (Fsp3) is 0.286. The van der Waals surface area contributed by atoms with Crippen molar-refractivity contribution in [1.29, 1.82) is 0 Å². The molecular weight excluding hydrogens is 350 g/mol. The van der Waals surface area contributed by atoms with Gasteiger partial charge >= 0.3 is 5.70 Å². The maximum Gasteiger partial charge on any atom is 0.312 e. The molecule has 1 aromatic rings. The molecule has 142 valence electrons. The molecule has 12 heteroatoms. The van der Waals surface area contributed by atoms with Crippen LogP contribution in [0.3, 0.4) is 0 Å². The van der Waals surface area contributed by atoms with Crippen LogP contribution in [0.2, 0.25) is 0 Å². The van der Waals surface area contributed by atoms with Gasteiger partial charge in [-0.1, -0.05) is 12.1 Å². The Labute approximate surface area is 147 Å². The van der Waals surface area contributed by atoms with E-state index in [1.165, 1.54) is 31.3 Å². The molecule has 0 amide bonds. The molecule has 0 saturated carbocycles. The van der Waals surface area contributed by atoms with Crippen LogP contribution in [0.4, 0.5) is 5.69 Å². The predicted octanol–water partition coefficient (Wildman–Crippen LogP) is -1.54. The van der Waals surface area contributed by atoms with Gasteiger partial charge in [0.05, 0.1) is 29.5 Å².